The third kappa shape index (κ3) is 2.15. The van der Waals surface area contributed by atoms with Gasteiger partial charge in [0.05, 0.1) is 10.5 Å². The molecule has 3 rings (SSSR count). The van der Waals surface area contributed by atoms with Crippen molar-refractivity contribution in [1.82, 2.24) is 4.90 Å². The molecule has 1 saturated carbocycles. The number of benzene rings is 1. The smallest absolute Gasteiger partial charge is 0.255 e. The molecule has 0 aromatic heterocycles. The van der Waals surface area contributed by atoms with Gasteiger partial charge in [-0.15, -0.1) is 0 Å². The van der Waals surface area contributed by atoms with Crippen LogP contribution in [-0.4, -0.2) is 31.8 Å². The minimum atomic E-state index is -3.87. The first-order valence-corrected chi connectivity index (χ1v) is 7.94. The van der Waals surface area contributed by atoms with Gasteiger partial charge in [0.1, 0.15) is 0 Å². The quantitative estimate of drug-likeness (QED) is 0.876. The first-order valence-electron chi connectivity index (χ1n) is 6.39. The Bertz CT molecular complexity index is 627. The molecule has 1 aromatic rings. The second kappa shape index (κ2) is 4.31. The fourth-order valence-electron chi connectivity index (χ4n) is 3.22. The Kier molecular flexibility index (Phi) is 2.87. The maximum Gasteiger partial charge on any atom is 0.255 e. The van der Waals surface area contributed by atoms with E-state index in [1.165, 1.54) is 18.6 Å². The molecule has 1 aromatic carbocycles. The number of sulfonamides is 1. The van der Waals surface area contributed by atoms with Crippen LogP contribution in [0.15, 0.2) is 29.2 Å². The van der Waals surface area contributed by atoms with Gasteiger partial charge >= 0.3 is 0 Å². The molecule has 1 saturated heterocycles. The zero-order valence-electron chi connectivity index (χ0n) is 10.5. The molecule has 6 heteroatoms. The van der Waals surface area contributed by atoms with Gasteiger partial charge in [0.15, 0.2) is 0 Å². The summed E-state index contributed by atoms with van der Waals surface area (Å²) < 4.78 is 23.1. The molecule has 5 nitrogen and oxygen atoms in total. The van der Waals surface area contributed by atoms with E-state index in [4.69, 9.17) is 5.14 Å². The Labute approximate surface area is 112 Å². The summed E-state index contributed by atoms with van der Waals surface area (Å²) in [4.78, 5) is 14.2. The topological polar surface area (TPSA) is 80.5 Å². The van der Waals surface area contributed by atoms with Gasteiger partial charge in [0.25, 0.3) is 5.91 Å². The lowest BCUT2D eigenvalue weighted by atomic mass is 10.1. The summed E-state index contributed by atoms with van der Waals surface area (Å²) in [6.07, 6.45) is 3.24. The third-order valence-corrected chi connectivity index (χ3v) is 5.06. The fraction of sp³-hybridized carbons (Fsp3) is 0.462. The summed E-state index contributed by atoms with van der Waals surface area (Å²) in [6.45, 7) is 0.739. The molecule has 1 aliphatic heterocycles. The van der Waals surface area contributed by atoms with Crippen LogP contribution in [0.1, 0.15) is 29.6 Å². The average Bonchev–Trinajstić information content (AvgIpc) is 2.99. The summed E-state index contributed by atoms with van der Waals surface area (Å²) >= 11 is 0. The van der Waals surface area contributed by atoms with Crippen LogP contribution in [0.4, 0.5) is 0 Å². The zero-order valence-corrected chi connectivity index (χ0v) is 11.3. The lowest BCUT2D eigenvalue weighted by molar-refractivity contribution is 0.0699. The minimum absolute atomic E-state index is 0.0808. The Hall–Kier alpha value is -1.40. The lowest BCUT2D eigenvalue weighted by Crippen LogP contribution is -2.38. The standard InChI is InChI=1S/C13H16N2O3S/c14-19(17,18)12-4-2-1-3-11(12)13(16)15-8-9-5-6-10(15)7-9/h1-4,9-10H,5-8H2,(H2,14,17,18). The Morgan fingerprint density at radius 3 is 2.58 bits per heavy atom. The highest BCUT2D eigenvalue weighted by atomic mass is 32.2. The van der Waals surface area contributed by atoms with Crippen LogP contribution >= 0.6 is 0 Å². The number of piperidine rings is 1. The molecule has 2 fully saturated rings. The van der Waals surface area contributed by atoms with Crippen LogP contribution in [0.25, 0.3) is 0 Å². The maximum absolute atomic E-state index is 12.5. The van der Waals surface area contributed by atoms with Crippen LogP contribution in [0.5, 0.6) is 0 Å². The van der Waals surface area contributed by atoms with Gasteiger partial charge in [0.2, 0.25) is 10.0 Å². The SMILES string of the molecule is NS(=O)(=O)c1ccccc1C(=O)N1CC2CCC1C2. The number of hydrogen-bond acceptors (Lipinski definition) is 3. The predicted octanol–water partition coefficient (Wildman–Crippen LogP) is 0.958. The highest BCUT2D eigenvalue weighted by Crippen LogP contribution is 2.38. The summed E-state index contributed by atoms with van der Waals surface area (Å²) in [5.41, 5.74) is 0.192. The number of nitrogens with two attached hydrogens (primary N) is 1. The largest absolute Gasteiger partial charge is 0.335 e. The Balaban J connectivity index is 1.97. The molecule has 0 spiro atoms. The van der Waals surface area contributed by atoms with Gasteiger partial charge in [-0.25, -0.2) is 13.6 Å². The monoisotopic (exact) mass is 280 g/mol. The number of fused-ring (bicyclic) bond motifs is 2. The maximum atomic E-state index is 12.5. The van der Waals surface area contributed by atoms with E-state index in [0.29, 0.717) is 5.92 Å². The number of primary sulfonamides is 1. The van der Waals surface area contributed by atoms with Gasteiger partial charge in [-0.3, -0.25) is 4.79 Å². The van der Waals surface area contributed by atoms with Crippen molar-refractivity contribution in [3.05, 3.63) is 29.8 Å². The molecule has 102 valence electrons. The number of likely N-dealkylation sites (tertiary alicyclic amines) is 1. The summed E-state index contributed by atoms with van der Waals surface area (Å²) in [6, 6.07) is 6.43. The predicted molar refractivity (Wildman–Crippen MR) is 70.0 cm³/mol. The van der Waals surface area contributed by atoms with E-state index in [-0.39, 0.29) is 22.4 Å². The van der Waals surface area contributed by atoms with E-state index in [9.17, 15) is 13.2 Å². The van der Waals surface area contributed by atoms with E-state index < -0.39 is 10.0 Å². The van der Waals surface area contributed by atoms with Crippen LogP contribution in [0.3, 0.4) is 0 Å². The van der Waals surface area contributed by atoms with Crippen molar-refractivity contribution in [2.75, 3.05) is 6.54 Å². The van der Waals surface area contributed by atoms with Crippen molar-refractivity contribution in [1.29, 1.82) is 0 Å². The Morgan fingerprint density at radius 1 is 1.26 bits per heavy atom. The van der Waals surface area contributed by atoms with Gasteiger partial charge in [-0.1, -0.05) is 12.1 Å². The average molecular weight is 280 g/mol. The van der Waals surface area contributed by atoms with Gasteiger partial charge in [-0.05, 0) is 37.3 Å². The number of rotatable bonds is 2. The minimum Gasteiger partial charge on any atom is -0.335 e. The van der Waals surface area contributed by atoms with Crippen molar-refractivity contribution in [2.24, 2.45) is 11.1 Å². The number of carbonyl (C=O) groups excluding carboxylic acids is 1. The third-order valence-electron chi connectivity index (χ3n) is 4.09. The molecule has 1 aliphatic carbocycles. The number of carbonyl (C=O) groups is 1. The highest BCUT2D eigenvalue weighted by Gasteiger charge is 2.41. The molecule has 2 N–H and O–H groups in total. The van der Waals surface area contributed by atoms with Crippen molar-refractivity contribution >= 4 is 15.9 Å². The van der Waals surface area contributed by atoms with E-state index in [1.807, 2.05) is 0 Å². The highest BCUT2D eigenvalue weighted by molar-refractivity contribution is 7.89. The normalized spacial score (nSPS) is 25.8. The molecule has 2 aliphatic rings. The molecule has 2 bridgehead atoms. The van der Waals surface area contributed by atoms with Crippen LogP contribution in [0.2, 0.25) is 0 Å². The molecular weight excluding hydrogens is 264 g/mol. The molecule has 2 unspecified atom stereocenters. The molecule has 1 heterocycles. The molecule has 1 amide bonds. The van der Waals surface area contributed by atoms with Crippen LogP contribution < -0.4 is 5.14 Å². The van der Waals surface area contributed by atoms with E-state index in [1.54, 1.807) is 17.0 Å². The van der Waals surface area contributed by atoms with Gasteiger partial charge in [0, 0.05) is 12.6 Å². The van der Waals surface area contributed by atoms with Gasteiger partial charge in [-0.2, -0.15) is 0 Å². The summed E-state index contributed by atoms with van der Waals surface area (Å²) in [5, 5.41) is 5.17. The van der Waals surface area contributed by atoms with Crippen molar-refractivity contribution < 1.29 is 13.2 Å². The molecule has 0 radical (unpaired) electrons. The van der Waals surface area contributed by atoms with E-state index in [0.717, 1.165) is 19.4 Å². The van der Waals surface area contributed by atoms with E-state index in [2.05, 4.69) is 0 Å². The number of nitrogens with zero attached hydrogens (tertiary/aromatic N) is 1. The zero-order chi connectivity index (χ0) is 13.6. The molecular formula is C13H16N2O3S. The molecule has 19 heavy (non-hydrogen) atoms. The van der Waals surface area contributed by atoms with Crippen molar-refractivity contribution in [3.63, 3.8) is 0 Å². The van der Waals surface area contributed by atoms with E-state index >= 15 is 0 Å². The first-order chi connectivity index (χ1) is 8.97. The first kappa shape index (κ1) is 12.6. The van der Waals surface area contributed by atoms with Crippen LogP contribution in [-0.2, 0) is 10.0 Å². The van der Waals surface area contributed by atoms with Crippen molar-refractivity contribution in [2.45, 2.75) is 30.2 Å². The van der Waals surface area contributed by atoms with Crippen LogP contribution in [0, 0.1) is 5.92 Å². The second-order valence-corrected chi connectivity index (χ2v) is 6.86. The lowest BCUT2D eigenvalue weighted by Gasteiger charge is -2.27. The number of hydrogen-bond donors (Lipinski definition) is 1. The number of amides is 1. The summed E-state index contributed by atoms with van der Waals surface area (Å²) in [5.74, 6) is 0.368. The second-order valence-electron chi connectivity index (χ2n) is 5.33. The van der Waals surface area contributed by atoms with Gasteiger partial charge < -0.3 is 4.90 Å². The fourth-order valence-corrected chi connectivity index (χ4v) is 3.95. The molecule has 2 atom stereocenters. The van der Waals surface area contributed by atoms with Crippen molar-refractivity contribution in [3.8, 4) is 0 Å². The summed E-state index contributed by atoms with van der Waals surface area (Å²) in [7, 11) is -3.87. The Morgan fingerprint density at radius 2 is 2.00 bits per heavy atom.